The lowest BCUT2D eigenvalue weighted by molar-refractivity contribution is -0.314. The quantitative estimate of drug-likeness (QED) is 0.825. The number of nitrogens with zero attached hydrogens (tertiary/aromatic N) is 1. The van der Waals surface area contributed by atoms with Crippen LogP contribution in [0.5, 0.6) is 0 Å². The van der Waals surface area contributed by atoms with Crippen molar-refractivity contribution in [3.63, 3.8) is 0 Å². The van der Waals surface area contributed by atoms with Crippen molar-refractivity contribution in [2.75, 3.05) is 5.32 Å². The lowest BCUT2D eigenvalue weighted by Crippen LogP contribution is -2.43. The summed E-state index contributed by atoms with van der Waals surface area (Å²) < 4.78 is 0.990. The van der Waals surface area contributed by atoms with E-state index in [4.69, 9.17) is 0 Å². The minimum atomic E-state index is -1.10. The molecule has 1 aromatic carbocycles. The molecule has 2 aromatic rings. The third-order valence-corrected chi connectivity index (χ3v) is 6.65. The number of aromatic nitrogens is 1. The highest BCUT2D eigenvalue weighted by molar-refractivity contribution is 9.10. The zero-order chi connectivity index (χ0) is 17.6. The van der Waals surface area contributed by atoms with Gasteiger partial charge in [-0.05, 0) is 43.2 Å². The molecule has 0 spiro atoms. The van der Waals surface area contributed by atoms with Crippen LogP contribution in [0.1, 0.15) is 19.3 Å². The standard InChI is InChI=1S/C18H17BrN2O3S/c19-12-5-3-9(4-6-12)13-8-25-18(20-13)21-16(22)14-10-1-2-11(7-10)15(14)17(23)24/h3-6,8,10-11,14-15H,1-2,7H2,(H,23,24)(H,20,21,22)/p-1/t10-,11-,14+,15-/m0/s1. The molecule has 2 saturated carbocycles. The van der Waals surface area contributed by atoms with E-state index in [-0.39, 0.29) is 17.7 Å². The van der Waals surface area contributed by atoms with Gasteiger partial charge >= 0.3 is 0 Å². The molecule has 0 radical (unpaired) electrons. The largest absolute Gasteiger partial charge is 0.550 e. The second-order valence-corrected chi connectivity index (χ2v) is 8.51. The fourth-order valence-electron chi connectivity index (χ4n) is 4.28. The molecule has 2 aliphatic rings. The van der Waals surface area contributed by atoms with E-state index in [2.05, 4.69) is 26.2 Å². The van der Waals surface area contributed by atoms with Crippen molar-refractivity contribution in [1.82, 2.24) is 4.98 Å². The number of rotatable bonds is 4. The molecule has 0 saturated heterocycles. The summed E-state index contributed by atoms with van der Waals surface area (Å²) in [6, 6.07) is 7.78. The second kappa shape index (κ2) is 6.53. The monoisotopic (exact) mass is 419 g/mol. The maximum atomic E-state index is 12.7. The molecule has 0 aliphatic heterocycles. The number of nitrogens with one attached hydrogen (secondary N) is 1. The Kier molecular flexibility index (Phi) is 4.37. The molecule has 4 atom stereocenters. The van der Waals surface area contributed by atoms with Crippen LogP contribution >= 0.6 is 27.3 Å². The van der Waals surface area contributed by atoms with Crippen molar-refractivity contribution in [2.24, 2.45) is 23.7 Å². The van der Waals surface area contributed by atoms with E-state index in [0.717, 1.165) is 35.0 Å². The number of hydrogen-bond donors (Lipinski definition) is 1. The number of carboxylic acids is 1. The molecule has 7 heteroatoms. The van der Waals surface area contributed by atoms with Gasteiger partial charge in [-0.25, -0.2) is 4.98 Å². The lowest BCUT2D eigenvalue weighted by atomic mass is 9.79. The average Bonchev–Trinajstić information content (AvgIpc) is 3.30. The highest BCUT2D eigenvalue weighted by Gasteiger charge is 2.51. The van der Waals surface area contributed by atoms with Gasteiger partial charge < -0.3 is 15.2 Å². The van der Waals surface area contributed by atoms with Crippen LogP contribution in [0.4, 0.5) is 5.13 Å². The van der Waals surface area contributed by atoms with Crippen molar-refractivity contribution < 1.29 is 14.7 Å². The number of fused-ring (bicyclic) bond motifs is 2. The van der Waals surface area contributed by atoms with Crippen LogP contribution in [0, 0.1) is 23.7 Å². The van der Waals surface area contributed by atoms with Gasteiger partial charge in [-0.15, -0.1) is 11.3 Å². The van der Waals surface area contributed by atoms with Gasteiger partial charge in [-0.2, -0.15) is 0 Å². The number of carbonyl (C=O) groups is 2. The molecule has 0 unspecified atom stereocenters. The van der Waals surface area contributed by atoms with E-state index < -0.39 is 17.8 Å². The first-order chi connectivity index (χ1) is 12.0. The van der Waals surface area contributed by atoms with Gasteiger partial charge in [0.05, 0.1) is 5.69 Å². The number of aliphatic carboxylic acids is 1. The van der Waals surface area contributed by atoms with E-state index in [0.29, 0.717) is 5.13 Å². The molecule has 2 fully saturated rings. The summed E-state index contributed by atoms with van der Waals surface area (Å²) in [5.41, 5.74) is 1.75. The number of amides is 1. The van der Waals surface area contributed by atoms with Crippen LogP contribution in [0.3, 0.4) is 0 Å². The van der Waals surface area contributed by atoms with Gasteiger partial charge in [0.15, 0.2) is 5.13 Å². The molecule has 130 valence electrons. The topological polar surface area (TPSA) is 82.1 Å². The highest BCUT2D eigenvalue weighted by Crippen LogP contribution is 2.52. The number of carbonyl (C=O) groups excluding carboxylic acids is 2. The Morgan fingerprint density at radius 1 is 1.16 bits per heavy atom. The van der Waals surface area contributed by atoms with Crippen molar-refractivity contribution in [2.45, 2.75) is 19.3 Å². The molecule has 5 nitrogen and oxygen atoms in total. The second-order valence-electron chi connectivity index (χ2n) is 6.74. The normalized spacial score (nSPS) is 27.4. The zero-order valence-electron chi connectivity index (χ0n) is 13.3. The minimum Gasteiger partial charge on any atom is -0.550 e. The van der Waals surface area contributed by atoms with E-state index in [1.54, 1.807) is 0 Å². The van der Waals surface area contributed by atoms with Crippen molar-refractivity contribution in [1.29, 1.82) is 0 Å². The third kappa shape index (κ3) is 3.11. The molecular formula is C18H16BrN2O3S-. The van der Waals surface area contributed by atoms with Crippen LogP contribution in [-0.4, -0.2) is 16.9 Å². The molecular weight excluding hydrogens is 404 g/mol. The first-order valence-corrected chi connectivity index (χ1v) is 9.93. The Bertz CT molecular complexity index is 820. The van der Waals surface area contributed by atoms with Crippen LogP contribution in [0.15, 0.2) is 34.1 Å². The van der Waals surface area contributed by atoms with Gasteiger partial charge in [0.2, 0.25) is 5.91 Å². The Hall–Kier alpha value is -1.73. The van der Waals surface area contributed by atoms with Crippen LogP contribution in [0.25, 0.3) is 11.3 Å². The first-order valence-electron chi connectivity index (χ1n) is 8.26. The Morgan fingerprint density at radius 2 is 1.84 bits per heavy atom. The van der Waals surface area contributed by atoms with Crippen molar-refractivity contribution >= 4 is 44.3 Å². The third-order valence-electron chi connectivity index (χ3n) is 5.37. The Morgan fingerprint density at radius 3 is 2.52 bits per heavy atom. The number of anilines is 1. The number of carboxylic acid groups (broad SMARTS) is 1. The zero-order valence-corrected chi connectivity index (χ0v) is 15.7. The fraction of sp³-hybridized carbons (Fsp3) is 0.389. The fourth-order valence-corrected chi connectivity index (χ4v) is 5.27. The number of benzene rings is 1. The summed E-state index contributed by atoms with van der Waals surface area (Å²) in [6.07, 6.45) is 2.63. The number of thiazole rings is 1. The van der Waals surface area contributed by atoms with Crippen molar-refractivity contribution in [3.05, 3.63) is 34.1 Å². The summed E-state index contributed by atoms with van der Waals surface area (Å²) in [5.74, 6) is -2.26. The van der Waals surface area contributed by atoms with E-state index in [1.165, 1.54) is 11.3 Å². The first kappa shape index (κ1) is 16.7. The smallest absolute Gasteiger partial charge is 0.230 e. The molecule has 2 aliphatic carbocycles. The van der Waals surface area contributed by atoms with Gasteiger partial charge in [0, 0.05) is 33.2 Å². The van der Waals surface area contributed by atoms with Gasteiger partial charge in [0.25, 0.3) is 0 Å². The minimum absolute atomic E-state index is 0.0837. The number of hydrogen-bond acceptors (Lipinski definition) is 5. The molecule has 1 amide bonds. The molecule has 1 heterocycles. The summed E-state index contributed by atoms with van der Waals surface area (Å²) in [5, 5.41) is 16.7. The van der Waals surface area contributed by atoms with Gasteiger partial charge in [-0.3, -0.25) is 4.79 Å². The van der Waals surface area contributed by atoms with E-state index >= 15 is 0 Å². The molecule has 25 heavy (non-hydrogen) atoms. The SMILES string of the molecule is O=C(Nc1nc(-c2ccc(Br)cc2)cs1)[C@@H]1[C@H]2CC[C@@H](C2)[C@@H]1C(=O)[O-]. The Labute approximate surface area is 157 Å². The average molecular weight is 420 g/mol. The molecule has 1 aromatic heterocycles. The van der Waals surface area contributed by atoms with Crippen LogP contribution in [-0.2, 0) is 9.59 Å². The highest BCUT2D eigenvalue weighted by atomic mass is 79.9. The van der Waals surface area contributed by atoms with Gasteiger partial charge in [0.1, 0.15) is 0 Å². The summed E-state index contributed by atoms with van der Waals surface area (Å²) >= 11 is 4.75. The summed E-state index contributed by atoms with van der Waals surface area (Å²) in [6.45, 7) is 0. The molecule has 1 N–H and O–H groups in total. The van der Waals surface area contributed by atoms with Crippen LogP contribution in [0.2, 0.25) is 0 Å². The lowest BCUT2D eigenvalue weighted by Gasteiger charge is -2.30. The predicted octanol–water partition coefficient (Wildman–Crippen LogP) is 2.92. The molecule has 2 bridgehead atoms. The predicted molar refractivity (Wildman–Crippen MR) is 96.7 cm³/mol. The maximum absolute atomic E-state index is 12.7. The van der Waals surface area contributed by atoms with Crippen molar-refractivity contribution in [3.8, 4) is 11.3 Å². The Balaban J connectivity index is 1.50. The van der Waals surface area contributed by atoms with E-state index in [1.807, 2.05) is 29.6 Å². The summed E-state index contributed by atoms with van der Waals surface area (Å²) in [4.78, 5) is 28.6. The van der Waals surface area contributed by atoms with Crippen LogP contribution < -0.4 is 10.4 Å². The van der Waals surface area contributed by atoms with E-state index in [9.17, 15) is 14.7 Å². The van der Waals surface area contributed by atoms with Gasteiger partial charge in [-0.1, -0.05) is 28.1 Å². The number of halogens is 1. The summed E-state index contributed by atoms with van der Waals surface area (Å²) in [7, 11) is 0. The maximum Gasteiger partial charge on any atom is 0.230 e. The molecule has 4 rings (SSSR count).